The maximum Gasteiger partial charge on any atom is 0.180 e. The Kier molecular flexibility index (Phi) is 4.12. The Bertz CT molecular complexity index is 588. The Morgan fingerprint density at radius 1 is 1.29 bits per heavy atom. The molecular weight excluding hydrogens is 282 g/mol. The number of nitrogens with one attached hydrogen (secondary N) is 1. The van der Waals surface area contributed by atoms with E-state index in [0.717, 1.165) is 12.3 Å². The van der Waals surface area contributed by atoms with E-state index in [9.17, 15) is 0 Å². The second kappa shape index (κ2) is 6.03. The number of methoxy groups -OCH3 is 1. The predicted octanol–water partition coefficient (Wildman–Crippen LogP) is 3.29. The molecule has 1 heterocycles. The minimum atomic E-state index is 0.0744. The molecule has 5 heteroatoms. The number of nitrogens with zero attached hydrogens (tertiary/aromatic N) is 1. The highest BCUT2D eigenvalue weighted by Crippen LogP contribution is 2.39. The number of ether oxygens (including phenoxy) is 1. The van der Waals surface area contributed by atoms with Gasteiger partial charge in [-0.2, -0.15) is 0 Å². The fourth-order valence-electron chi connectivity index (χ4n) is 3.12. The molecule has 3 N–H and O–H groups in total. The molecule has 1 aliphatic carbocycles. The molecular formula is C16H21N3OS. The molecule has 0 unspecified atom stereocenters. The number of anilines is 1. The summed E-state index contributed by atoms with van der Waals surface area (Å²) in [6, 6.07) is 8.44. The first-order chi connectivity index (χ1) is 10.2. The first-order valence-electron chi connectivity index (χ1n) is 7.32. The number of hydrogen-bond acceptors (Lipinski definition) is 5. The Morgan fingerprint density at radius 2 is 2.00 bits per heavy atom. The lowest BCUT2D eigenvalue weighted by Crippen LogP contribution is -2.39. The second-order valence-electron chi connectivity index (χ2n) is 5.54. The Labute approximate surface area is 129 Å². The van der Waals surface area contributed by atoms with Crippen LogP contribution in [0.5, 0.6) is 5.75 Å². The highest BCUT2D eigenvalue weighted by atomic mass is 32.1. The average Bonchev–Trinajstić information content (AvgIpc) is 3.15. The molecule has 1 aromatic carbocycles. The van der Waals surface area contributed by atoms with Crippen molar-refractivity contribution in [1.82, 2.24) is 10.3 Å². The number of nitrogen functional groups attached to an aromatic ring is 1. The van der Waals surface area contributed by atoms with Crippen LogP contribution in [0.25, 0.3) is 0 Å². The van der Waals surface area contributed by atoms with Crippen molar-refractivity contribution in [3.05, 3.63) is 40.9 Å². The van der Waals surface area contributed by atoms with E-state index < -0.39 is 0 Å². The number of rotatable bonds is 5. The van der Waals surface area contributed by atoms with Crippen LogP contribution in [0.2, 0.25) is 0 Å². The summed E-state index contributed by atoms with van der Waals surface area (Å²) in [4.78, 5) is 5.31. The summed E-state index contributed by atoms with van der Waals surface area (Å²) in [5, 5.41) is 4.39. The number of aromatic nitrogens is 1. The van der Waals surface area contributed by atoms with Gasteiger partial charge in [0.05, 0.1) is 7.11 Å². The molecule has 1 saturated carbocycles. The molecule has 2 aromatic rings. The third-order valence-electron chi connectivity index (χ3n) is 4.27. The van der Waals surface area contributed by atoms with E-state index in [-0.39, 0.29) is 5.54 Å². The molecule has 1 fully saturated rings. The molecule has 0 aliphatic heterocycles. The van der Waals surface area contributed by atoms with Crippen molar-refractivity contribution in [2.75, 3.05) is 12.8 Å². The number of thiazole rings is 1. The van der Waals surface area contributed by atoms with Gasteiger partial charge in [-0.05, 0) is 30.5 Å². The fourth-order valence-corrected chi connectivity index (χ4v) is 3.74. The lowest BCUT2D eigenvalue weighted by molar-refractivity contribution is 0.339. The van der Waals surface area contributed by atoms with Gasteiger partial charge in [0.1, 0.15) is 5.75 Å². The molecule has 112 valence electrons. The molecule has 0 atom stereocenters. The van der Waals surface area contributed by atoms with Gasteiger partial charge in [-0.1, -0.05) is 25.0 Å². The number of hydrogen-bond donors (Lipinski definition) is 2. The Balaban J connectivity index is 1.78. The van der Waals surface area contributed by atoms with Gasteiger partial charge in [-0.25, -0.2) is 4.98 Å². The third-order valence-corrected chi connectivity index (χ3v) is 5.10. The van der Waals surface area contributed by atoms with Crippen LogP contribution >= 0.6 is 11.3 Å². The van der Waals surface area contributed by atoms with Crippen LogP contribution in [0, 0.1) is 0 Å². The lowest BCUT2D eigenvalue weighted by atomic mass is 9.88. The predicted molar refractivity (Wildman–Crippen MR) is 86.5 cm³/mol. The van der Waals surface area contributed by atoms with Crippen LogP contribution in [0.1, 0.15) is 36.1 Å². The summed E-state index contributed by atoms with van der Waals surface area (Å²) in [5.41, 5.74) is 7.12. The van der Waals surface area contributed by atoms with Gasteiger partial charge in [0, 0.05) is 23.2 Å². The molecule has 21 heavy (non-hydrogen) atoms. The summed E-state index contributed by atoms with van der Waals surface area (Å²) in [5.74, 6) is 0.905. The summed E-state index contributed by atoms with van der Waals surface area (Å²) in [6.45, 7) is 0.820. The van der Waals surface area contributed by atoms with Crippen LogP contribution in [0.4, 0.5) is 5.13 Å². The van der Waals surface area contributed by atoms with Gasteiger partial charge in [0.2, 0.25) is 0 Å². The molecule has 0 spiro atoms. The van der Waals surface area contributed by atoms with Gasteiger partial charge in [0.25, 0.3) is 0 Å². The van der Waals surface area contributed by atoms with E-state index in [0.29, 0.717) is 5.13 Å². The van der Waals surface area contributed by atoms with E-state index in [1.165, 1.54) is 36.1 Å². The molecule has 1 aliphatic rings. The van der Waals surface area contributed by atoms with Gasteiger partial charge in [-0.15, -0.1) is 11.3 Å². The van der Waals surface area contributed by atoms with Gasteiger partial charge in [0.15, 0.2) is 5.13 Å². The molecule has 0 radical (unpaired) electrons. The van der Waals surface area contributed by atoms with Gasteiger partial charge >= 0.3 is 0 Å². The zero-order valence-electron chi connectivity index (χ0n) is 12.3. The number of nitrogens with two attached hydrogens (primary N) is 1. The summed E-state index contributed by atoms with van der Waals surface area (Å²) in [7, 11) is 1.70. The summed E-state index contributed by atoms with van der Waals surface area (Å²) >= 11 is 1.56. The smallest absolute Gasteiger partial charge is 0.180 e. The zero-order chi connectivity index (χ0) is 14.7. The largest absolute Gasteiger partial charge is 0.497 e. The van der Waals surface area contributed by atoms with Crippen molar-refractivity contribution in [3.63, 3.8) is 0 Å². The molecule has 1 aromatic heterocycles. The second-order valence-corrected chi connectivity index (χ2v) is 6.68. The van der Waals surface area contributed by atoms with E-state index in [4.69, 9.17) is 10.5 Å². The summed E-state index contributed by atoms with van der Waals surface area (Å²) in [6.07, 6.45) is 6.75. The van der Waals surface area contributed by atoms with Crippen molar-refractivity contribution in [1.29, 1.82) is 0 Å². The average molecular weight is 303 g/mol. The van der Waals surface area contributed by atoms with Crippen LogP contribution in [0.3, 0.4) is 0 Å². The standard InChI is InChI=1S/C16H21N3OS/c1-20-13-6-4-12(5-7-13)16(8-2-3-9-16)19-11-14-10-18-15(17)21-14/h4-7,10,19H,2-3,8-9,11H2,1H3,(H2,17,18). The summed E-state index contributed by atoms with van der Waals surface area (Å²) < 4.78 is 5.26. The maximum atomic E-state index is 5.70. The molecule has 0 bridgehead atoms. The molecule has 0 saturated heterocycles. The molecule has 0 amide bonds. The Morgan fingerprint density at radius 3 is 2.57 bits per heavy atom. The normalized spacial score (nSPS) is 17.0. The van der Waals surface area contributed by atoms with Crippen LogP contribution in [-0.4, -0.2) is 12.1 Å². The van der Waals surface area contributed by atoms with E-state index in [1.807, 2.05) is 18.3 Å². The molecule has 3 rings (SSSR count). The maximum absolute atomic E-state index is 5.70. The van der Waals surface area contributed by atoms with E-state index in [1.54, 1.807) is 18.4 Å². The topological polar surface area (TPSA) is 60.2 Å². The zero-order valence-corrected chi connectivity index (χ0v) is 13.1. The van der Waals surface area contributed by atoms with Crippen LogP contribution in [-0.2, 0) is 12.1 Å². The first kappa shape index (κ1) is 14.4. The first-order valence-corrected chi connectivity index (χ1v) is 8.13. The SMILES string of the molecule is COc1ccc(C2(NCc3cnc(N)s3)CCCC2)cc1. The van der Waals surface area contributed by atoms with Crippen molar-refractivity contribution in [3.8, 4) is 5.75 Å². The van der Waals surface area contributed by atoms with Crippen LogP contribution in [0.15, 0.2) is 30.5 Å². The van der Waals surface area contributed by atoms with Gasteiger partial charge in [-0.3, -0.25) is 0 Å². The van der Waals surface area contributed by atoms with Crippen molar-refractivity contribution < 1.29 is 4.74 Å². The minimum absolute atomic E-state index is 0.0744. The highest BCUT2D eigenvalue weighted by Gasteiger charge is 2.35. The van der Waals surface area contributed by atoms with Crippen molar-refractivity contribution in [2.45, 2.75) is 37.8 Å². The minimum Gasteiger partial charge on any atom is -0.497 e. The van der Waals surface area contributed by atoms with Crippen LogP contribution < -0.4 is 15.8 Å². The Hall–Kier alpha value is -1.59. The van der Waals surface area contributed by atoms with Crippen molar-refractivity contribution in [2.24, 2.45) is 0 Å². The number of benzene rings is 1. The van der Waals surface area contributed by atoms with E-state index >= 15 is 0 Å². The molecule has 4 nitrogen and oxygen atoms in total. The van der Waals surface area contributed by atoms with E-state index in [2.05, 4.69) is 22.4 Å². The highest BCUT2D eigenvalue weighted by molar-refractivity contribution is 7.15. The monoisotopic (exact) mass is 303 g/mol. The third kappa shape index (κ3) is 3.04. The fraction of sp³-hybridized carbons (Fsp3) is 0.438. The lowest BCUT2D eigenvalue weighted by Gasteiger charge is -2.31. The van der Waals surface area contributed by atoms with Gasteiger partial charge < -0.3 is 15.8 Å². The van der Waals surface area contributed by atoms with Crippen molar-refractivity contribution >= 4 is 16.5 Å². The quantitative estimate of drug-likeness (QED) is 0.890.